The third kappa shape index (κ3) is 8.10. The van der Waals surface area contributed by atoms with Gasteiger partial charge in [-0.05, 0) is 63.5 Å². The first-order valence-corrected chi connectivity index (χ1v) is 13.0. The monoisotopic (exact) mass is 600 g/mol. The van der Waals surface area contributed by atoms with Crippen molar-refractivity contribution in [2.75, 3.05) is 12.9 Å². The van der Waals surface area contributed by atoms with Crippen LogP contribution in [0, 0.1) is 0 Å². The molecule has 0 fully saturated rings. The summed E-state index contributed by atoms with van der Waals surface area (Å²) in [4.78, 5) is 12.1. The van der Waals surface area contributed by atoms with E-state index < -0.39 is 0 Å². The second-order valence-corrected chi connectivity index (χ2v) is 10.1. The van der Waals surface area contributed by atoms with Crippen LogP contribution in [-0.4, -0.2) is 25.0 Å². The zero-order chi connectivity index (χ0) is 24.5. The third-order valence-electron chi connectivity index (χ3n) is 4.43. The molecule has 0 saturated carbocycles. The Balaban J connectivity index is 1.55. The average molecular weight is 603 g/mol. The molecule has 0 aliphatic carbocycles. The minimum Gasteiger partial charge on any atom is -0.493 e. The fourth-order valence-corrected chi connectivity index (χ4v) is 4.86. The van der Waals surface area contributed by atoms with E-state index in [9.17, 15) is 4.79 Å². The molecule has 0 aliphatic rings. The number of thioether (sulfide) groups is 1. The number of amides is 1. The number of nitrogens with one attached hydrogen (secondary N) is 1. The molecule has 10 heteroatoms. The zero-order valence-electron chi connectivity index (χ0n) is 18.0. The molecule has 0 unspecified atom stereocenters. The summed E-state index contributed by atoms with van der Waals surface area (Å²) in [7, 11) is 1.55. The molecule has 3 aromatic rings. The van der Waals surface area contributed by atoms with E-state index in [2.05, 4.69) is 26.5 Å². The van der Waals surface area contributed by atoms with Gasteiger partial charge < -0.3 is 9.47 Å². The van der Waals surface area contributed by atoms with Crippen LogP contribution in [0.3, 0.4) is 0 Å². The van der Waals surface area contributed by atoms with Crippen LogP contribution < -0.4 is 14.9 Å². The molecule has 5 nitrogen and oxygen atoms in total. The lowest BCUT2D eigenvalue weighted by atomic mass is 10.2. The van der Waals surface area contributed by atoms with E-state index in [0.29, 0.717) is 42.4 Å². The molecule has 1 N–H and O–H groups in total. The summed E-state index contributed by atoms with van der Waals surface area (Å²) in [5, 5.41) is 5.79. The molecular formula is C24H20BrCl3N2O3S. The lowest BCUT2D eigenvalue weighted by Crippen LogP contribution is -2.19. The van der Waals surface area contributed by atoms with Gasteiger partial charge in [0.2, 0.25) is 5.91 Å². The Hall–Kier alpha value is -1.90. The number of benzene rings is 3. The molecule has 0 bridgehead atoms. The van der Waals surface area contributed by atoms with Crippen LogP contribution >= 0.6 is 62.5 Å². The van der Waals surface area contributed by atoms with Gasteiger partial charge in [-0.2, -0.15) is 5.10 Å². The number of ether oxygens (including phenoxy) is 2. The molecule has 0 aromatic heterocycles. The van der Waals surface area contributed by atoms with Crippen molar-refractivity contribution in [3.8, 4) is 11.5 Å². The first-order valence-electron chi connectivity index (χ1n) is 9.94. The van der Waals surface area contributed by atoms with Gasteiger partial charge in [-0.3, -0.25) is 4.79 Å². The van der Waals surface area contributed by atoms with Crippen LogP contribution in [0.1, 0.15) is 16.7 Å². The Kier molecular flexibility index (Phi) is 10.4. The number of hydrogen-bond acceptors (Lipinski definition) is 5. The van der Waals surface area contributed by atoms with Crippen LogP contribution in [0.25, 0.3) is 0 Å². The Morgan fingerprint density at radius 3 is 2.65 bits per heavy atom. The van der Waals surface area contributed by atoms with Gasteiger partial charge in [-0.25, -0.2) is 5.43 Å². The van der Waals surface area contributed by atoms with E-state index in [-0.39, 0.29) is 18.3 Å². The number of carbonyl (C=O) groups excluding carboxylic acids is 1. The molecule has 3 aromatic carbocycles. The van der Waals surface area contributed by atoms with E-state index in [1.165, 1.54) is 18.0 Å². The highest BCUT2D eigenvalue weighted by Crippen LogP contribution is 2.37. The lowest BCUT2D eigenvalue weighted by molar-refractivity contribution is -0.118. The second kappa shape index (κ2) is 13.3. The van der Waals surface area contributed by atoms with Gasteiger partial charge >= 0.3 is 0 Å². The van der Waals surface area contributed by atoms with E-state index in [1.54, 1.807) is 25.3 Å². The van der Waals surface area contributed by atoms with Crippen molar-refractivity contribution >= 4 is 74.6 Å². The van der Waals surface area contributed by atoms with E-state index >= 15 is 0 Å². The van der Waals surface area contributed by atoms with E-state index in [1.807, 2.05) is 36.4 Å². The van der Waals surface area contributed by atoms with Crippen molar-refractivity contribution in [3.63, 3.8) is 0 Å². The SMILES string of the molecule is COc1cc(/C=N\NC(=O)CSCc2cccc(Cl)c2)cc(Br)c1OCc1ccc(Cl)cc1Cl. The van der Waals surface area contributed by atoms with Crippen molar-refractivity contribution < 1.29 is 14.3 Å². The molecule has 0 atom stereocenters. The molecule has 34 heavy (non-hydrogen) atoms. The maximum absolute atomic E-state index is 12.1. The lowest BCUT2D eigenvalue weighted by Gasteiger charge is -2.14. The maximum atomic E-state index is 12.1. The van der Waals surface area contributed by atoms with Gasteiger partial charge in [0, 0.05) is 26.4 Å². The average Bonchev–Trinajstić information content (AvgIpc) is 2.79. The molecule has 0 aliphatic heterocycles. The van der Waals surface area contributed by atoms with Crippen molar-refractivity contribution in [3.05, 3.63) is 90.8 Å². The van der Waals surface area contributed by atoms with Crippen LogP contribution in [0.4, 0.5) is 0 Å². The topological polar surface area (TPSA) is 59.9 Å². The van der Waals surface area contributed by atoms with Gasteiger partial charge in [-0.15, -0.1) is 11.8 Å². The quantitative estimate of drug-likeness (QED) is 0.194. The standard InChI is InChI=1S/C24H20BrCl3N2O3S/c1-32-22-9-16(8-20(25)24(22)33-12-17-5-6-19(27)10-21(17)28)11-29-30-23(31)14-34-13-15-3-2-4-18(26)7-15/h2-11H,12-14H2,1H3,(H,30,31)/b29-11-. The van der Waals surface area contributed by atoms with Crippen LogP contribution in [-0.2, 0) is 17.2 Å². The number of nitrogens with zero attached hydrogens (tertiary/aromatic N) is 1. The predicted molar refractivity (Wildman–Crippen MR) is 145 cm³/mol. The highest BCUT2D eigenvalue weighted by Gasteiger charge is 2.13. The number of carbonyl (C=O) groups is 1. The fourth-order valence-electron chi connectivity index (χ4n) is 2.84. The summed E-state index contributed by atoms with van der Waals surface area (Å²) < 4.78 is 12.1. The summed E-state index contributed by atoms with van der Waals surface area (Å²) in [6.07, 6.45) is 1.53. The smallest absolute Gasteiger partial charge is 0.250 e. The molecule has 0 spiro atoms. The second-order valence-electron chi connectivity index (χ2n) is 6.97. The third-order valence-corrected chi connectivity index (χ3v) is 6.85. The molecule has 0 radical (unpaired) electrons. The molecule has 178 valence electrons. The Bertz CT molecular complexity index is 1190. The normalized spacial score (nSPS) is 11.0. The minimum absolute atomic E-state index is 0.200. The number of hydrazone groups is 1. The number of hydrogen-bond donors (Lipinski definition) is 1. The molecule has 0 heterocycles. The Labute approximate surface area is 225 Å². The van der Waals surface area contributed by atoms with Gasteiger partial charge in [0.1, 0.15) is 6.61 Å². The minimum atomic E-state index is -0.200. The van der Waals surface area contributed by atoms with Gasteiger partial charge in [0.05, 0.1) is 23.5 Å². The van der Waals surface area contributed by atoms with Crippen molar-refractivity contribution in [2.24, 2.45) is 5.10 Å². The summed E-state index contributed by atoms with van der Waals surface area (Å²) in [5.74, 6) is 1.78. The molecule has 0 saturated heterocycles. The molecular weight excluding hydrogens is 583 g/mol. The Morgan fingerprint density at radius 2 is 1.91 bits per heavy atom. The van der Waals surface area contributed by atoms with E-state index in [4.69, 9.17) is 44.3 Å². The van der Waals surface area contributed by atoms with Crippen LogP contribution in [0.15, 0.2) is 64.2 Å². The fraction of sp³-hybridized carbons (Fsp3) is 0.167. The number of halogens is 4. The van der Waals surface area contributed by atoms with Crippen LogP contribution in [0.5, 0.6) is 11.5 Å². The maximum Gasteiger partial charge on any atom is 0.250 e. The molecule has 3 rings (SSSR count). The first-order chi connectivity index (χ1) is 16.4. The summed E-state index contributed by atoms with van der Waals surface area (Å²) in [6, 6.07) is 16.3. The van der Waals surface area contributed by atoms with Gasteiger partial charge in [0.15, 0.2) is 11.5 Å². The number of rotatable bonds is 10. The van der Waals surface area contributed by atoms with Crippen molar-refractivity contribution in [2.45, 2.75) is 12.4 Å². The van der Waals surface area contributed by atoms with Gasteiger partial charge in [0.25, 0.3) is 0 Å². The highest BCUT2D eigenvalue weighted by atomic mass is 79.9. The highest BCUT2D eigenvalue weighted by molar-refractivity contribution is 9.10. The number of methoxy groups -OCH3 is 1. The van der Waals surface area contributed by atoms with Crippen molar-refractivity contribution in [1.29, 1.82) is 0 Å². The Morgan fingerprint density at radius 1 is 1.12 bits per heavy atom. The summed E-state index contributed by atoms with van der Waals surface area (Å²) in [5.41, 5.74) is 5.10. The summed E-state index contributed by atoms with van der Waals surface area (Å²) in [6.45, 7) is 0.237. The first kappa shape index (κ1) is 26.7. The van der Waals surface area contributed by atoms with Crippen molar-refractivity contribution in [1.82, 2.24) is 5.43 Å². The van der Waals surface area contributed by atoms with Crippen LogP contribution in [0.2, 0.25) is 15.1 Å². The predicted octanol–water partition coefficient (Wildman–Crippen LogP) is 7.38. The van der Waals surface area contributed by atoms with E-state index in [0.717, 1.165) is 11.1 Å². The largest absolute Gasteiger partial charge is 0.493 e. The summed E-state index contributed by atoms with van der Waals surface area (Å²) >= 11 is 23.1. The van der Waals surface area contributed by atoms with Gasteiger partial charge in [-0.1, -0.05) is 53.0 Å². The zero-order valence-corrected chi connectivity index (χ0v) is 22.7. The molecule has 1 amide bonds.